The molecule has 1 saturated heterocycles. The van der Waals surface area contributed by atoms with Crippen LogP contribution in [0.3, 0.4) is 0 Å². The monoisotopic (exact) mass is 461 g/mol. The molecule has 2 bridgehead atoms. The molecule has 1 aliphatic heterocycles. The Balaban J connectivity index is 1.47. The standard InChI is InChI=1S/C30H24ClN3/c31-18-12-14-19(15-13-18)34-30(26-10-3-1-6-22(26)23-7-2-4-11-27(23)30)28-24-16-25(29(28)33(34)17-32)21-9-5-8-20(21)24/h1-7,9-15,20-21,24-25,28-29H,8,16H2/t20-,21+,24+,25+,28+,29-/m1/s1. The first-order chi connectivity index (χ1) is 16.7. The number of halogens is 1. The molecule has 4 heteroatoms. The van der Waals surface area contributed by atoms with E-state index < -0.39 is 5.54 Å². The zero-order valence-electron chi connectivity index (χ0n) is 18.7. The van der Waals surface area contributed by atoms with Gasteiger partial charge < -0.3 is 0 Å². The summed E-state index contributed by atoms with van der Waals surface area (Å²) in [5.74, 6) is 2.79. The Morgan fingerprint density at radius 3 is 2.21 bits per heavy atom. The summed E-state index contributed by atoms with van der Waals surface area (Å²) in [6.45, 7) is 0. The number of nitrogens with zero attached hydrogens (tertiary/aromatic N) is 3. The summed E-state index contributed by atoms with van der Waals surface area (Å²) >= 11 is 6.31. The van der Waals surface area contributed by atoms with Gasteiger partial charge in [-0.2, -0.15) is 5.26 Å². The van der Waals surface area contributed by atoms with E-state index in [4.69, 9.17) is 11.6 Å². The molecule has 0 aromatic heterocycles. The van der Waals surface area contributed by atoms with Gasteiger partial charge in [0.05, 0.1) is 11.7 Å². The van der Waals surface area contributed by atoms with Gasteiger partial charge in [0.15, 0.2) is 6.19 Å². The number of hydrogen-bond acceptors (Lipinski definition) is 3. The molecule has 8 rings (SSSR count). The third kappa shape index (κ3) is 2.02. The normalized spacial score (nSPS) is 32.6. The van der Waals surface area contributed by atoms with Crippen LogP contribution < -0.4 is 5.01 Å². The summed E-state index contributed by atoms with van der Waals surface area (Å²) in [5.41, 5.74) is 5.93. The molecule has 0 N–H and O–H groups in total. The van der Waals surface area contributed by atoms with Gasteiger partial charge in [-0.3, -0.25) is 5.01 Å². The summed E-state index contributed by atoms with van der Waals surface area (Å²) in [6.07, 6.45) is 9.94. The third-order valence-electron chi connectivity index (χ3n) is 9.57. The highest BCUT2D eigenvalue weighted by atomic mass is 35.5. The average molecular weight is 462 g/mol. The van der Waals surface area contributed by atoms with Gasteiger partial charge in [0.2, 0.25) is 0 Å². The number of allylic oxidation sites excluding steroid dienone is 2. The first kappa shape index (κ1) is 19.1. The van der Waals surface area contributed by atoms with Crippen molar-refractivity contribution in [3.8, 4) is 17.3 Å². The van der Waals surface area contributed by atoms with E-state index in [-0.39, 0.29) is 6.04 Å². The van der Waals surface area contributed by atoms with Crippen molar-refractivity contribution < 1.29 is 0 Å². The zero-order valence-corrected chi connectivity index (χ0v) is 19.4. The Morgan fingerprint density at radius 2 is 1.53 bits per heavy atom. The van der Waals surface area contributed by atoms with Crippen molar-refractivity contribution in [1.82, 2.24) is 5.01 Å². The average Bonchev–Trinajstić information content (AvgIpc) is 3.66. The van der Waals surface area contributed by atoms with Crippen molar-refractivity contribution in [3.63, 3.8) is 0 Å². The van der Waals surface area contributed by atoms with Crippen LogP contribution in [0, 0.1) is 41.0 Å². The van der Waals surface area contributed by atoms with Crippen molar-refractivity contribution >= 4 is 17.3 Å². The maximum absolute atomic E-state index is 10.7. The molecule has 0 amide bonds. The molecule has 6 atom stereocenters. The van der Waals surface area contributed by atoms with Crippen molar-refractivity contribution in [2.45, 2.75) is 24.4 Å². The van der Waals surface area contributed by atoms with Gasteiger partial charge in [-0.25, -0.2) is 5.01 Å². The van der Waals surface area contributed by atoms with Crippen LogP contribution in [0.2, 0.25) is 5.02 Å². The molecule has 2 saturated carbocycles. The zero-order chi connectivity index (χ0) is 22.6. The summed E-state index contributed by atoms with van der Waals surface area (Å²) in [5, 5.41) is 15.8. The number of anilines is 1. The summed E-state index contributed by atoms with van der Waals surface area (Å²) < 4.78 is 0. The second-order valence-corrected chi connectivity index (χ2v) is 11.0. The number of nitriles is 1. The molecule has 1 spiro atoms. The van der Waals surface area contributed by atoms with E-state index in [2.05, 4.69) is 89.0 Å². The molecule has 0 unspecified atom stereocenters. The highest BCUT2D eigenvalue weighted by Gasteiger charge is 2.74. The molecule has 34 heavy (non-hydrogen) atoms. The van der Waals surface area contributed by atoms with Gasteiger partial charge in [-0.15, -0.1) is 0 Å². The third-order valence-corrected chi connectivity index (χ3v) is 9.82. The molecule has 5 aliphatic rings. The van der Waals surface area contributed by atoms with Crippen LogP contribution in [-0.2, 0) is 5.54 Å². The SMILES string of the molecule is N#CN1[C@@H]2[C@H]3C[C@@H]([C@@H]4CC=C[C@@H]43)[C@@H]2C2(c3ccccc3-c3ccccc32)N1c1ccc(Cl)cc1. The predicted molar refractivity (Wildman–Crippen MR) is 134 cm³/mol. The van der Waals surface area contributed by atoms with Crippen LogP contribution in [0.15, 0.2) is 84.9 Å². The van der Waals surface area contributed by atoms with E-state index >= 15 is 0 Å². The molecule has 166 valence electrons. The van der Waals surface area contributed by atoms with Gasteiger partial charge in [0.25, 0.3) is 0 Å². The lowest BCUT2D eigenvalue weighted by Gasteiger charge is -2.44. The van der Waals surface area contributed by atoms with E-state index in [0.29, 0.717) is 34.6 Å². The van der Waals surface area contributed by atoms with Crippen LogP contribution in [0.25, 0.3) is 11.1 Å². The second-order valence-electron chi connectivity index (χ2n) is 10.6. The molecular formula is C30H24ClN3. The Hall–Kier alpha value is -3.22. The fourth-order valence-electron chi connectivity index (χ4n) is 8.75. The first-order valence-electron chi connectivity index (χ1n) is 12.4. The lowest BCUT2D eigenvalue weighted by atomic mass is 9.63. The topological polar surface area (TPSA) is 30.3 Å². The summed E-state index contributed by atoms with van der Waals surface area (Å²) in [7, 11) is 0. The van der Waals surface area contributed by atoms with E-state index in [1.54, 1.807) is 0 Å². The van der Waals surface area contributed by atoms with Gasteiger partial charge >= 0.3 is 0 Å². The fourth-order valence-corrected chi connectivity index (χ4v) is 8.87. The molecule has 3 nitrogen and oxygen atoms in total. The van der Waals surface area contributed by atoms with Crippen LogP contribution in [-0.4, -0.2) is 11.1 Å². The van der Waals surface area contributed by atoms with Gasteiger partial charge in [0.1, 0.15) is 5.54 Å². The molecule has 1 heterocycles. The van der Waals surface area contributed by atoms with E-state index in [9.17, 15) is 5.26 Å². The fraction of sp³-hybridized carbons (Fsp3) is 0.300. The number of hydrogen-bond donors (Lipinski definition) is 0. The Bertz CT molecular complexity index is 1360. The van der Waals surface area contributed by atoms with Gasteiger partial charge in [-0.1, -0.05) is 72.3 Å². The van der Waals surface area contributed by atoms with E-state index in [1.165, 1.54) is 35.1 Å². The minimum atomic E-state index is -0.394. The lowest BCUT2D eigenvalue weighted by Crippen LogP contribution is -2.50. The van der Waals surface area contributed by atoms with Crippen molar-refractivity contribution in [3.05, 3.63) is 101 Å². The highest BCUT2D eigenvalue weighted by molar-refractivity contribution is 6.30. The predicted octanol–water partition coefficient (Wildman–Crippen LogP) is 6.61. The van der Waals surface area contributed by atoms with Crippen molar-refractivity contribution in [2.75, 3.05) is 5.01 Å². The maximum Gasteiger partial charge on any atom is 0.200 e. The Kier molecular flexibility index (Phi) is 3.64. The first-order valence-corrected chi connectivity index (χ1v) is 12.7. The van der Waals surface area contributed by atoms with Gasteiger partial charge in [-0.05, 0) is 83.0 Å². The largest absolute Gasteiger partial charge is 0.261 e. The molecule has 4 aliphatic carbocycles. The van der Waals surface area contributed by atoms with Crippen LogP contribution in [0.1, 0.15) is 24.0 Å². The molecule has 3 aromatic rings. The number of hydrazine groups is 1. The molecular weight excluding hydrogens is 438 g/mol. The van der Waals surface area contributed by atoms with Gasteiger partial charge in [0, 0.05) is 10.9 Å². The molecule has 0 radical (unpaired) electrons. The van der Waals surface area contributed by atoms with Crippen LogP contribution >= 0.6 is 11.6 Å². The maximum atomic E-state index is 10.7. The van der Waals surface area contributed by atoms with Crippen LogP contribution in [0.5, 0.6) is 0 Å². The van der Waals surface area contributed by atoms with Crippen LogP contribution in [0.4, 0.5) is 5.69 Å². The number of benzene rings is 3. The quantitative estimate of drug-likeness (QED) is 0.302. The van der Waals surface area contributed by atoms with E-state index in [1.807, 2.05) is 12.1 Å². The van der Waals surface area contributed by atoms with E-state index in [0.717, 1.165) is 5.69 Å². The molecule has 3 fully saturated rings. The lowest BCUT2D eigenvalue weighted by molar-refractivity contribution is 0.131. The summed E-state index contributed by atoms with van der Waals surface area (Å²) in [6, 6.07) is 26.1. The second kappa shape index (κ2) is 6.46. The van der Waals surface area contributed by atoms with Crippen molar-refractivity contribution in [2.24, 2.45) is 29.6 Å². The smallest absolute Gasteiger partial charge is 0.200 e. The number of fused-ring (bicyclic) bond motifs is 14. The molecule has 3 aromatic carbocycles. The number of rotatable bonds is 1. The Morgan fingerprint density at radius 1 is 0.853 bits per heavy atom. The highest BCUT2D eigenvalue weighted by Crippen LogP contribution is 2.72. The van der Waals surface area contributed by atoms with Crippen molar-refractivity contribution in [1.29, 1.82) is 5.26 Å². The minimum Gasteiger partial charge on any atom is -0.261 e. The minimum absolute atomic E-state index is 0.203. The Labute approximate surface area is 204 Å². The summed E-state index contributed by atoms with van der Waals surface area (Å²) in [4.78, 5) is 0.